The highest BCUT2D eigenvalue weighted by molar-refractivity contribution is 6.74. The first-order chi connectivity index (χ1) is 32.2. The number of hydrogen-bond donors (Lipinski definition) is 1. The fourth-order valence-corrected chi connectivity index (χ4v) is 9.91. The molecule has 1 N–H and O–H groups in total. The number of nitrogens with zero attached hydrogens (tertiary/aromatic N) is 4. The number of carbonyl (C=O) groups excluding carboxylic acids is 4. The van der Waals surface area contributed by atoms with Crippen LogP contribution in [0.4, 0.5) is 21.0 Å². The van der Waals surface area contributed by atoms with Gasteiger partial charge >= 0.3 is 12.2 Å². The second-order valence-corrected chi connectivity index (χ2v) is 24.4. The van der Waals surface area contributed by atoms with Gasteiger partial charge in [0.2, 0.25) is 0 Å². The molecule has 0 bridgehead atoms. The molecule has 4 atom stereocenters. The lowest BCUT2D eigenvalue weighted by Gasteiger charge is -2.44. The lowest BCUT2D eigenvalue weighted by Crippen LogP contribution is -2.57. The van der Waals surface area contributed by atoms with E-state index in [4.69, 9.17) is 28.1 Å². The van der Waals surface area contributed by atoms with Crippen LogP contribution in [0, 0.1) is 13.8 Å². The van der Waals surface area contributed by atoms with Gasteiger partial charge in [0, 0.05) is 24.5 Å². The Kier molecular flexibility index (Phi) is 14.8. The van der Waals surface area contributed by atoms with Crippen molar-refractivity contribution >= 4 is 43.7 Å². The first-order valence-electron chi connectivity index (χ1n) is 23.3. The summed E-state index contributed by atoms with van der Waals surface area (Å²) in [6.07, 6.45) is 4.27. The van der Waals surface area contributed by atoms with Crippen molar-refractivity contribution in [3.05, 3.63) is 113 Å². The molecule has 15 nitrogen and oxygen atoms in total. The molecule has 7 rings (SSSR count). The van der Waals surface area contributed by atoms with Crippen LogP contribution in [-0.2, 0) is 20.5 Å². The van der Waals surface area contributed by atoms with Crippen LogP contribution in [0.3, 0.4) is 0 Å². The van der Waals surface area contributed by atoms with E-state index in [0.29, 0.717) is 67.2 Å². The average Bonchev–Trinajstić information content (AvgIpc) is 3.85. The quantitative estimate of drug-likeness (QED) is 0.0879. The van der Waals surface area contributed by atoms with Crippen LogP contribution in [0.25, 0.3) is 0 Å². The molecule has 0 unspecified atom stereocenters. The van der Waals surface area contributed by atoms with Crippen molar-refractivity contribution in [3.63, 3.8) is 0 Å². The molecule has 0 spiro atoms. The molecule has 4 aliphatic heterocycles. The Morgan fingerprint density at radius 2 is 1.32 bits per heavy atom. The van der Waals surface area contributed by atoms with Crippen LogP contribution in [-0.4, -0.2) is 98.7 Å². The zero-order chi connectivity index (χ0) is 49.2. The summed E-state index contributed by atoms with van der Waals surface area (Å²) >= 11 is 0. The predicted molar refractivity (Wildman–Crippen MR) is 262 cm³/mol. The van der Waals surface area contributed by atoms with Gasteiger partial charge < -0.3 is 43.0 Å². The maximum atomic E-state index is 14.3. The van der Waals surface area contributed by atoms with Crippen molar-refractivity contribution < 1.29 is 52.4 Å². The van der Waals surface area contributed by atoms with Crippen LogP contribution in [0.2, 0.25) is 18.1 Å². The van der Waals surface area contributed by atoms with E-state index in [0.717, 1.165) is 32.7 Å². The number of aryl methyl sites for hydroxylation is 2. The van der Waals surface area contributed by atoms with Crippen molar-refractivity contribution in [2.24, 2.45) is 0 Å². The predicted octanol–water partition coefficient (Wildman–Crippen LogP) is 10.1. The van der Waals surface area contributed by atoms with Gasteiger partial charge in [-0.05, 0) is 101 Å². The molecule has 0 saturated carbocycles. The molecular formula is C52H66N4O11Si. The van der Waals surface area contributed by atoms with Crippen molar-refractivity contribution in [3.8, 4) is 17.2 Å². The van der Waals surface area contributed by atoms with Gasteiger partial charge in [-0.1, -0.05) is 74.4 Å². The van der Waals surface area contributed by atoms with E-state index < -0.39 is 45.0 Å². The van der Waals surface area contributed by atoms with Crippen LogP contribution in [0.5, 0.6) is 17.2 Å². The van der Waals surface area contributed by atoms with E-state index in [-0.39, 0.29) is 47.9 Å². The van der Waals surface area contributed by atoms with E-state index >= 15 is 0 Å². The number of hydrogen-bond acceptors (Lipinski definition) is 11. The minimum Gasteiger partial charge on any atom is -0.493 e. The lowest BCUT2D eigenvalue weighted by atomic mass is 10.1. The third-order valence-electron chi connectivity index (χ3n) is 13.4. The third kappa shape index (κ3) is 10.2. The van der Waals surface area contributed by atoms with Gasteiger partial charge in [-0.15, -0.1) is 0 Å². The molecule has 0 aromatic heterocycles. The summed E-state index contributed by atoms with van der Waals surface area (Å²) in [5.74, 6) is 0.494. The Balaban J connectivity index is 1.06. The molecule has 3 aromatic carbocycles. The molecule has 4 heterocycles. The number of ether oxygens (including phenoxy) is 5. The number of fused-ring (bicyclic) bond motifs is 4. The number of aliphatic hydroxyl groups is 1. The smallest absolute Gasteiger partial charge is 0.416 e. The Bertz CT molecular complexity index is 2500. The number of carbonyl (C=O) groups is 4. The fraction of sp³-hybridized carbons (Fsp3) is 0.462. The van der Waals surface area contributed by atoms with Gasteiger partial charge in [-0.2, -0.15) is 0 Å². The summed E-state index contributed by atoms with van der Waals surface area (Å²) in [7, 11) is -1.04. The first kappa shape index (κ1) is 49.8. The molecule has 0 fully saturated rings. The highest BCUT2D eigenvalue weighted by atomic mass is 28.4. The first-order valence-corrected chi connectivity index (χ1v) is 26.2. The number of benzene rings is 3. The summed E-state index contributed by atoms with van der Waals surface area (Å²) < 4.78 is 36.8. The number of amides is 4. The van der Waals surface area contributed by atoms with Crippen molar-refractivity contribution in [1.82, 2.24) is 9.80 Å². The van der Waals surface area contributed by atoms with Crippen LogP contribution in [0.1, 0.15) is 104 Å². The number of anilines is 2. The summed E-state index contributed by atoms with van der Waals surface area (Å²) in [6.45, 7) is 22.6. The van der Waals surface area contributed by atoms with Crippen LogP contribution in [0.15, 0.2) is 84.7 Å². The largest absolute Gasteiger partial charge is 0.493 e. The Hall–Kier alpha value is -6.10. The second kappa shape index (κ2) is 20.2. The molecule has 4 aliphatic rings. The molecule has 4 amide bonds. The molecule has 0 saturated heterocycles. The van der Waals surface area contributed by atoms with E-state index in [1.54, 1.807) is 29.3 Å². The summed E-state index contributed by atoms with van der Waals surface area (Å²) in [5, 5.41) is 11.6. The van der Waals surface area contributed by atoms with Gasteiger partial charge in [-0.3, -0.25) is 9.59 Å². The van der Waals surface area contributed by atoms with Crippen molar-refractivity contribution in [1.29, 1.82) is 0 Å². The summed E-state index contributed by atoms with van der Waals surface area (Å²) in [4.78, 5) is 62.2. The average molecular weight is 951 g/mol. The summed E-state index contributed by atoms with van der Waals surface area (Å²) in [6, 6.07) is 13.0. The standard InChI is InChI=1S/C52H66N4O11Si/c1-12-20-65-51(61)56-40-27-43(35(5)25-37(40)46(57)54-30-34(4)24-42(54)49(56)67-68(10,11)52(6,7)8)63-21-14-13-15-22-64-45-28-39-38(26-44(45)62-9)47(58)53-29-33(3)23-41(53)48(59)55(39)50(60)66-31-36-18-16-32(2)17-19-36/h12,16-19,25-30,41-42,48-49,59H,1,13-15,20-24,31H2,2-11H3/t41-,42-,48-,49-/m0/s1. The molecular weight excluding hydrogens is 885 g/mol. The highest BCUT2D eigenvalue weighted by Gasteiger charge is 2.51. The van der Waals surface area contributed by atoms with Crippen molar-refractivity contribution in [2.75, 3.05) is 36.7 Å². The number of aliphatic hydroxyl groups excluding tert-OH is 1. The maximum absolute atomic E-state index is 14.3. The Morgan fingerprint density at radius 3 is 1.94 bits per heavy atom. The topological polar surface area (TPSA) is 157 Å². The number of unbranched alkanes of at least 4 members (excludes halogenated alkanes) is 2. The Morgan fingerprint density at radius 1 is 0.765 bits per heavy atom. The highest BCUT2D eigenvalue weighted by Crippen LogP contribution is 2.45. The van der Waals surface area contributed by atoms with E-state index in [9.17, 15) is 24.3 Å². The number of methoxy groups -OCH3 is 1. The zero-order valence-corrected chi connectivity index (χ0v) is 42.0. The molecule has 16 heteroatoms. The van der Waals surface area contributed by atoms with E-state index in [2.05, 4.69) is 40.4 Å². The normalized spacial score (nSPS) is 20.0. The molecule has 0 aliphatic carbocycles. The van der Waals surface area contributed by atoms with Gasteiger partial charge in [-0.25, -0.2) is 19.4 Å². The SMILES string of the molecule is C=CCOC(=O)N1c2cc(OCCCCCOc3cc4c(cc3OC)C(=O)N3C=C(C)C[C@H]3[C@H](O)N4C(=O)OCc3ccc(C)cc3)c(C)cc2C(=O)N2C=C(C)C[C@H]2[C@@H]1O[Si](C)(C)C(C)(C)C. The minimum atomic E-state index is -2.52. The third-order valence-corrected chi connectivity index (χ3v) is 17.9. The maximum Gasteiger partial charge on any atom is 0.416 e. The number of rotatable bonds is 15. The van der Waals surface area contributed by atoms with Gasteiger partial charge in [0.15, 0.2) is 32.3 Å². The van der Waals surface area contributed by atoms with Gasteiger partial charge in [0.05, 0.1) is 54.9 Å². The molecule has 68 heavy (non-hydrogen) atoms. The van der Waals surface area contributed by atoms with Gasteiger partial charge in [0.1, 0.15) is 19.0 Å². The second-order valence-electron chi connectivity index (χ2n) is 19.7. The zero-order valence-electron chi connectivity index (χ0n) is 41.0. The van der Waals surface area contributed by atoms with Gasteiger partial charge in [0.25, 0.3) is 11.8 Å². The summed E-state index contributed by atoms with van der Waals surface area (Å²) in [5.41, 5.74) is 5.50. The van der Waals surface area contributed by atoms with Crippen LogP contribution >= 0.6 is 0 Å². The van der Waals surface area contributed by atoms with E-state index in [1.807, 2.05) is 58.2 Å². The molecule has 3 aromatic rings. The lowest BCUT2D eigenvalue weighted by molar-refractivity contribution is 0.0544. The monoisotopic (exact) mass is 950 g/mol. The van der Waals surface area contributed by atoms with Crippen LogP contribution < -0.4 is 24.0 Å². The fourth-order valence-electron chi connectivity index (χ4n) is 8.69. The van der Waals surface area contributed by atoms with E-state index in [1.165, 1.54) is 29.1 Å². The minimum absolute atomic E-state index is 0.0170. The van der Waals surface area contributed by atoms with Crippen molar-refractivity contribution in [2.45, 2.75) is 130 Å². The molecule has 364 valence electrons. The Labute approximate surface area is 401 Å². The molecule has 0 radical (unpaired) electrons.